The lowest BCUT2D eigenvalue weighted by Gasteiger charge is -2.32. The van der Waals surface area contributed by atoms with Crippen molar-refractivity contribution in [2.45, 2.75) is 23.9 Å². The molecule has 2 aliphatic heterocycles. The maximum Gasteiger partial charge on any atom is 0.240 e. The van der Waals surface area contributed by atoms with Gasteiger partial charge in [0.05, 0.1) is 24.7 Å². The molecule has 2 heterocycles. The van der Waals surface area contributed by atoms with Crippen molar-refractivity contribution in [2.75, 3.05) is 66.7 Å². The summed E-state index contributed by atoms with van der Waals surface area (Å²) in [7, 11) is -0.227. The summed E-state index contributed by atoms with van der Waals surface area (Å²) in [5.74, 6) is 0.845. The van der Waals surface area contributed by atoms with E-state index in [0.29, 0.717) is 19.2 Å². The molecular formula is C20H34IN5O4S. The zero-order valence-electron chi connectivity index (χ0n) is 18.2. The average molecular weight is 567 g/mol. The molecule has 2 saturated heterocycles. The molecule has 0 aromatic heterocycles. The highest BCUT2D eigenvalue weighted by atomic mass is 127. The fourth-order valence-corrected chi connectivity index (χ4v) is 4.96. The summed E-state index contributed by atoms with van der Waals surface area (Å²) in [5, 5.41) is 3.38. The summed E-state index contributed by atoms with van der Waals surface area (Å²) >= 11 is 0. The van der Waals surface area contributed by atoms with Crippen LogP contribution in [-0.4, -0.2) is 96.9 Å². The monoisotopic (exact) mass is 567 g/mol. The minimum Gasteiger partial charge on any atom is -0.383 e. The Morgan fingerprint density at radius 1 is 1.29 bits per heavy atom. The van der Waals surface area contributed by atoms with E-state index in [0.717, 1.165) is 57.3 Å². The van der Waals surface area contributed by atoms with Crippen LogP contribution >= 0.6 is 24.0 Å². The first kappa shape index (κ1) is 26.3. The van der Waals surface area contributed by atoms with Crippen LogP contribution in [0.15, 0.2) is 34.2 Å². The zero-order valence-corrected chi connectivity index (χ0v) is 21.4. The Balaban J connectivity index is 0.00000341. The number of guanidine groups is 1. The van der Waals surface area contributed by atoms with E-state index in [4.69, 9.17) is 9.47 Å². The van der Waals surface area contributed by atoms with E-state index in [2.05, 4.69) is 24.8 Å². The summed E-state index contributed by atoms with van der Waals surface area (Å²) in [4.78, 5) is 9.45. The van der Waals surface area contributed by atoms with E-state index in [-0.39, 0.29) is 35.4 Å². The molecule has 1 aromatic rings. The number of likely N-dealkylation sites (tertiary alicyclic amines) is 1. The van der Waals surface area contributed by atoms with Crippen LogP contribution in [0.25, 0.3) is 0 Å². The van der Waals surface area contributed by atoms with E-state index in [9.17, 15) is 8.42 Å². The van der Waals surface area contributed by atoms with Crippen molar-refractivity contribution in [1.29, 1.82) is 0 Å². The molecule has 0 aliphatic carbocycles. The molecule has 3 rings (SSSR count). The van der Waals surface area contributed by atoms with Crippen LogP contribution in [0, 0.1) is 0 Å². The first-order valence-electron chi connectivity index (χ1n) is 10.4. The summed E-state index contributed by atoms with van der Waals surface area (Å²) in [6, 6.07) is 7.49. The third kappa shape index (κ3) is 7.53. The average Bonchev–Trinajstić information content (AvgIpc) is 3.25. The molecular weight excluding hydrogens is 533 g/mol. The van der Waals surface area contributed by atoms with Crippen molar-refractivity contribution >= 4 is 40.0 Å². The van der Waals surface area contributed by atoms with Crippen LogP contribution < -0.4 is 10.0 Å². The molecule has 9 nitrogen and oxygen atoms in total. The van der Waals surface area contributed by atoms with Gasteiger partial charge in [-0.05, 0) is 24.1 Å². The number of sulfonamides is 1. The first-order chi connectivity index (χ1) is 14.5. The van der Waals surface area contributed by atoms with Crippen LogP contribution in [0.2, 0.25) is 0 Å². The SMILES string of the molecule is CN=C(NCc1cccc(S(=O)(=O)NCCOC)c1)N1CCC(N2CCOCC2)C1.I. The van der Waals surface area contributed by atoms with Crippen LogP contribution in [0.1, 0.15) is 12.0 Å². The number of methoxy groups -OCH3 is 1. The molecule has 2 N–H and O–H groups in total. The van der Waals surface area contributed by atoms with Crippen molar-refractivity contribution in [2.24, 2.45) is 4.99 Å². The van der Waals surface area contributed by atoms with E-state index in [1.165, 1.54) is 7.11 Å². The predicted molar refractivity (Wildman–Crippen MR) is 131 cm³/mol. The van der Waals surface area contributed by atoms with Gasteiger partial charge in [-0.25, -0.2) is 13.1 Å². The molecule has 0 radical (unpaired) electrons. The van der Waals surface area contributed by atoms with Gasteiger partial charge in [-0.2, -0.15) is 0 Å². The van der Waals surface area contributed by atoms with Gasteiger partial charge in [0.1, 0.15) is 0 Å². The van der Waals surface area contributed by atoms with Crippen molar-refractivity contribution in [1.82, 2.24) is 19.8 Å². The number of hydrogen-bond donors (Lipinski definition) is 2. The molecule has 176 valence electrons. The molecule has 1 unspecified atom stereocenters. The Hall–Kier alpha value is -0.990. The molecule has 11 heteroatoms. The smallest absolute Gasteiger partial charge is 0.240 e. The van der Waals surface area contributed by atoms with Crippen LogP contribution in [-0.2, 0) is 26.0 Å². The lowest BCUT2D eigenvalue weighted by molar-refractivity contribution is 0.0195. The van der Waals surface area contributed by atoms with Gasteiger partial charge in [0, 0.05) is 59.5 Å². The Morgan fingerprint density at radius 3 is 2.77 bits per heavy atom. The van der Waals surface area contributed by atoms with Gasteiger partial charge < -0.3 is 19.7 Å². The van der Waals surface area contributed by atoms with Gasteiger partial charge in [0.2, 0.25) is 10.0 Å². The predicted octanol–water partition coefficient (Wildman–Crippen LogP) is 0.711. The Labute approximate surface area is 202 Å². The van der Waals surface area contributed by atoms with E-state index < -0.39 is 10.0 Å². The fraction of sp³-hybridized carbons (Fsp3) is 0.650. The number of benzene rings is 1. The third-order valence-electron chi connectivity index (χ3n) is 5.49. The number of nitrogens with one attached hydrogen (secondary N) is 2. The second-order valence-corrected chi connectivity index (χ2v) is 9.24. The van der Waals surface area contributed by atoms with E-state index >= 15 is 0 Å². The van der Waals surface area contributed by atoms with Gasteiger partial charge in [-0.1, -0.05) is 12.1 Å². The van der Waals surface area contributed by atoms with Gasteiger partial charge in [0.25, 0.3) is 0 Å². The summed E-state index contributed by atoms with van der Waals surface area (Å²) in [5.41, 5.74) is 0.884. The van der Waals surface area contributed by atoms with Crippen LogP contribution in [0.5, 0.6) is 0 Å². The number of nitrogens with zero attached hydrogens (tertiary/aromatic N) is 3. The molecule has 0 bridgehead atoms. The molecule has 2 aliphatic rings. The number of ether oxygens (including phenoxy) is 2. The zero-order chi connectivity index (χ0) is 21.4. The lowest BCUT2D eigenvalue weighted by atomic mass is 10.2. The molecule has 0 spiro atoms. The topological polar surface area (TPSA) is 95.5 Å². The number of hydrogen-bond acceptors (Lipinski definition) is 6. The van der Waals surface area contributed by atoms with Crippen molar-refractivity contribution in [3.8, 4) is 0 Å². The second kappa shape index (κ2) is 12.9. The van der Waals surface area contributed by atoms with Gasteiger partial charge in [-0.15, -0.1) is 24.0 Å². The second-order valence-electron chi connectivity index (χ2n) is 7.48. The minimum absolute atomic E-state index is 0. The number of halogens is 1. The first-order valence-corrected chi connectivity index (χ1v) is 11.9. The van der Waals surface area contributed by atoms with Gasteiger partial charge >= 0.3 is 0 Å². The standard InChI is InChI=1S/C20H33N5O4S.HI/c1-21-20(25-8-6-18(16-25)24-9-12-29-13-10-24)22-15-17-4-3-5-19(14-17)30(26,27)23-7-11-28-2;/h3-5,14,18,23H,6-13,15-16H2,1-2H3,(H,21,22);1H. The molecule has 31 heavy (non-hydrogen) atoms. The number of aliphatic imine (C=N–C) groups is 1. The maximum atomic E-state index is 12.4. The van der Waals surface area contributed by atoms with Crippen molar-refractivity contribution < 1.29 is 17.9 Å². The maximum absolute atomic E-state index is 12.4. The summed E-state index contributed by atoms with van der Waals surface area (Å²) < 4.78 is 37.7. The highest BCUT2D eigenvalue weighted by Gasteiger charge is 2.30. The molecule has 0 saturated carbocycles. The van der Waals surface area contributed by atoms with Crippen molar-refractivity contribution in [3.05, 3.63) is 29.8 Å². The highest BCUT2D eigenvalue weighted by Crippen LogP contribution is 2.17. The minimum atomic E-state index is -3.55. The largest absolute Gasteiger partial charge is 0.383 e. The van der Waals surface area contributed by atoms with Crippen LogP contribution in [0.4, 0.5) is 0 Å². The molecule has 0 amide bonds. The molecule has 2 fully saturated rings. The normalized spacial score (nSPS) is 20.5. The van der Waals surface area contributed by atoms with Gasteiger partial charge in [0.15, 0.2) is 5.96 Å². The van der Waals surface area contributed by atoms with Crippen LogP contribution in [0.3, 0.4) is 0 Å². The molecule has 1 atom stereocenters. The summed E-state index contributed by atoms with van der Waals surface area (Å²) in [6.07, 6.45) is 1.11. The Bertz CT molecular complexity index is 818. The third-order valence-corrected chi connectivity index (χ3v) is 6.95. The lowest BCUT2D eigenvalue weighted by Crippen LogP contribution is -2.46. The Morgan fingerprint density at radius 2 is 2.06 bits per heavy atom. The number of rotatable bonds is 8. The van der Waals surface area contributed by atoms with E-state index in [1.807, 2.05) is 6.07 Å². The fourth-order valence-electron chi connectivity index (χ4n) is 3.87. The number of morpholine rings is 1. The summed E-state index contributed by atoms with van der Waals surface area (Å²) in [6.45, 7) is 6.58. The van der Waals surface area contributed by atoms with Crippen molar-refractivity contribution in [3.63, 3.8) is 0 Å². The van der Waals surface area contributed by atoms with Gasteiger partial charge in [-0.3, -0.25) is 9.89 Å². The van der Waals surface area contributed by atoms with E-state index in [1.54, 1.807) is 25.2 Å². The quantitative estimate of drug-likeness (QED) is 0.207. The highest BCUT2D eigenvalue weighted by molar-refractivity contribution is 14.0. The molecule has 1 aromatic carbocycles. The Kier molecular flexibility index (Phi) is 10.9.